The molecular weight excluding hydrogens is 376 g/mol. The molecule has 0 fully saturated rings. The Hall–Kier alpha value is -3.38. The molecule has 2 aromatic carbocycles. The Morgan fingerprint density at radius 2 is 1.86 bits per heavy atom. The van der Waals surface area contributed by atoms with Gasteiger partial charge in [-0.25, -0.2) is 0 Å². The molecule has 7 heteroatoms. The van der Waals surface area contributed by atoms with Crippen LogP contribution in [0.15, 0.2) is 71.4 Å². The summed E-state index contributed by atoms with van der Waals surface area (Å²) in [6.07, 6.45) is 1.80. The van der Waals surface area contributed by atoms with Crippen molar-refractivity contribution in [1.29, 1.82) is 0 Å². The SMILES string of the molecule is Cc1ccc(-c2cc(C(=O)Nc3ccn(Cc4ccc(Cl)cc4)n3)no2)cc1. The molecule has 4 aromatic rings. The second-order valence-corrected chi connectivity index (χ2v) is 6.86. The number of nitrogens with zero attached hydrogens (tertiary/aromatic N) is 3. The second-order valence-electron chi connectivity index (χ2n) is 6.42. The molecule has 0 aliphatic heterocycles. The standard InChI is InChI=1S/C21H17ClN4O2/c1-14-2-6-16(7-3-14)19-12-18(25-28-19)21(27)23-20-10-11-26(24-20)13-15-4-8-17(22)9-5-15/h2-12H,13H2,1H3,(H,23,24,27). The van der Waals surface area contributed by atoms with Gasteiger partial charge in [0.25, 0.3) is 5.91 Å². The summed E-state index contributed by atoms with van der Waals surface area (Å²) in [6, 6.07) is 18.7. The monoisotopic (exact) mass is 392 g/mol. The third-order valence-corrected chi connectivity index (χ3v) is 4.47. The average molecular weight is 393 g/mol. The molecule has 0 spiro atoms. The van der Waals surface area contributed by atoms with E-state index in [1.54, 1.807) is 23.0 Å². The van der Waals surface area contributed by atoms with Crippen molar-refractivity contribution in [3.05, 3.63) is 88.7 Å². The van der Waals surface area contributed by atoms with Crippen LogP contribution in [0.1, 0.15) is 21.6 Å². The largest absolute Gasteiger partial charge is 0.355 e. The Morgan fingerprint density at radius 1 is 1.11 bits per heavy atom. The summed E-state index contributed by atoms with van der Waals surface area (Å²) in [5, 5.41) is 11.6. The van der Waals surface area contributed by atoms with E-state index in [1.807, 2.05) is 55.5 Å². The van der Waals surface area contributed by atoms with Gasteiger partial charge >= 0.3 is 0 Å². The molecule has 0 radical (unpaired) electrons. The Morgan fingerprint density at radius 3 is 2.61 bits per heavy atom. The van der Waals surface area contributed by atoms with Crippen LogP contribution in [0.25, 0.3) is 11.3 Å². The van der Waals surface area contributed by atoms with Crippen molar-refractivity contribution in [2.75, 3.05) is 5.32 Å². The Balaban J connectivity index is 1.42. The molecule has 2 heterocycles. The molecule has 1 amide bonds. The van der Waals surface area contributed by atoms with Crippen LogP contribution in [0.2, 0.25) is 5.02 Å². The molecule has 2 aromatic heterocycles. The maximum atomic E-state index is 12.4. The summed E-state index contributed by atoms with van der Waals surface area (Å²) in [6.45, 7) is 2.59. The van der Waals surface area contributed by atoms with E-state index in [4.69, 9.17) is 16.1 Å². The van der Waals surface area contributed by atoms with Crippen LogP contribution >= 0.6 is 11.6 Å². The first kappa shape index (κ1) is 18.0. The van der Waals surface area contributed by atoms with Crippen LogP contribution < -0.4 is 5.32 Å². The van der Waals surface area contributed by atoms with E-state index in [9.17, 15) is 4.79 Å². The van der Waals surface area contributed by atoms with Crippen molar-refractivity contribution < 1.29 is 9.32 Å². The number of rotatable bonds is 5. The van der Waals surface area contributed by atoms with Crippen molar-refractivity contribution in [2.45, 2.75) is 13.5 Å². The highest BCUT2D eigenvalue weighted by Crippen LogP contribution is 2.21. The van der Waals surface area contributed by atoms with E-state index in [-0.39, 0.29) is 11.6 Å². The quantitative estimate of drug-likeness (QED) is 0.529. The molecule has 1 N–H and O–H groups in total. The second kappa shape index (κ2) is 7.70. The molecule has 140 valence electrons. The minimum absolute atomic E-state index is 0.197. The topological polar surface area (TPSA) is 73.0 Å². The molecule has 0 saturated carbocycles. The van der Waals surface area contributed by atoms with Gasteiger partial charge in [-0.1, -0.05) is 58.7 Å². The molecule has 0 aliphatic carbocycles. The summed E-state index contributed by atoms with van der Waals surface area (Å²) in [7, 11) is 0. The fourth-order valence-corrected chi connectivity index (χ4v) is 2.84. The number of carbonyl (C=O) groups excluding carboxylic acids is 1. The number of anilines is 1. The molecule has 0 aliphatic rings. The highest BCUT2D eigenvalue weighted by molar-refractivity contribution is 6.30. The zero-order chi connectivity index (χ0) is 19.5. The number of amides is 1. The number of nitrogens with one attached hydrogen (secondary N) is 1. The number of aryl methyl sites for hydroxylation is 1. The lowest BCUT2D eigenvalue weighted by molar-refractivity contribution is 0.101. The van der Waals surface area contributed by atoms with Crippen molar-refractivity contribution in [2.24, 2.45) is 0 Å². The van der Waals surface area contributed by atoms with E-state index < -0.39 is 0 Å². The first-order valence-electron chi connectivity index (χ1n) is 8.70. The third kappa shape index (κ3) is 4.13. The molecular formula is C21H17ClN4O2. The van der Waals surface area contributed by atoms with E-state index in [1.165, 1.54) is 0 Å². The number of halogens is 1. The lowest BCUT2D eigenvalue weighted by Gasteiger charge is -2.02. The van der Waals surface area contributed by atoms with Gasteiger partial charge in [-0.05, 0) is 24.6 Å². The molecule has 4 rings (SSSR count). The minimum atomic E-state index is -0.376. The molecule has 0 atom stereocenters. The van der Waals surface area contributed by atoms with Gasteiger partial charge in [0.05, 0.1) is 6.54 Å². The number of hydrogen-bond donors (Lipinski definition) is 1. The Labute approximate surface area is 166 Å². The minimum Gasteiger partial charge on any atom is -0.355 e. The van der Waals surface area contributed by atoms with Crippen LogP contribution in [0, 0.1) is 6.92 Å². The van der Waals surface area contributed by atoms with Gasteiger partial charge in [0.2, 0.25) is 0 Å². The fraction of sp³-hybridized carbons (Fsp3) is 0.0952. The molecule has 28 heavy (non-hydrogen) atoms. The van der Waals surface area contributed by atoms with E-state index in [2.05, 4.69) is 15.6 Å². The lowest BCUT2D eigenvalue weighted by Crippen LogP contribution is -2.13. The summed E-state index contributed by atoms with van der Waals surface area (Å²) in [5.74, 6) is 0.608. The van der Waals surface area contributed by atoms with Crippen LogP contribution in [0.4, 0.5) is 5.82 Å². The number of carbonyl (C=O) groups is 1. The molecule has 6 nitrogen and oxygen atoms in total. The van der Waals surface area contributed by atoms with Crippen LogP contribution in [-0.2, 0) is 6.54 Å². The Bertz CT molecular complexity index is 1100. The maximum absolute atomic E-state index is 12.4. The summed E-state index contributed by atoms with van der Waals surface area (Å²) in [4.78, 5) is 12.4. The summed E-state index contributed by atoms with van der Waals surface area (Å²) in [5.41, 5.74) is 3.27. The molecule has 0 bridgehead atoms. The van der Waals surface area contributed by atoms with Crippen molar-refractivity contribution in [1.82, 2.24) is 14.9 Å². The van der Waals surface area contributed by atoms with Crippen LogP contribution in [-0.4, -0.2) is 20.8 Å². The first-order valence-corrected chi connectivity index (χ1v) is 9.08. The predicted molar refractivity (Wildman–Crippen MR) is 107 cm³/mol. The third-order valence-electron chi connectivity index (χ3n) is 4.22. The summed E-state index contributed by atoms with van der Waals surface area (Å²) >= 11 is 5.90. The van der Waals surface area contributed by atoms with Gasteiger partial charge < -0.3 is 9.84 Å². The summed E-state index contributed by atoms with van der Waals surface area (Å²) < 4.78 is 7.03. The van der Waals surface area contributed by atoms with E-state index in [0.717, 1.165) is 16.7 Å². The average Bonchev–Trinajstić information content (AvgIpc) is 3.34. The number of aromatic nitrogens is 3. The zero-order valence-corrected chi connectivity index (χ0v) is 15.8. The van der Waals surface area contributed by atoms with Gasteiger partial charge in [0.1, 0.15) is 0 Å². The van der Waals surface area contributed by atoms with Gasteiger partial charge in [0, 0.05) is 28.9 Å². The highest BCUT2D eigenvalue weighted by Gasteiger charge is 2.15. The maximum Gasteiger partial charge on any atom is 0.279 e. The van der Waals surface area contributed by atoms with Crippen LogP contribution in [0.3, 0.4) is 0 Å². The lowest BCUT2D eigenvalue weighted by atomic mass is 10.1. The predicted octanol–water partition coefficient (Wildman–Crippen LogP) is 4.80. The van der Waals surface area contributed by atoms with Gasteiger partial charge in [-0.2, -0.15) is 5.10 Å². The van der Waals surface area contributed by atoms with E-state index >= 15 is 0 Å². The van der Waals surface area contributed by atoms with Gasteiger partial charge in [-0.15, -0.1) is 0 Å². The van der Waals surface area contributed by atoms with Crippen molar-refractivity contribution in [3.63, 3.8) is 0 Å². The highest BCUT2D eigenvalue weighted by atomic mass is 35.5. The number of benzene rings is 2. The van der Waals surface area contributed by atoms with Gasteiger partial charge in [-0.3, -0.25) is 9.48 Å². The number of hydrogen-bond acceptors (Lipinski definition) is 4. The van der Waals surface area contributed by atoms with Crippen molar-refractivity contribution in [3.8, 4) is 11.3 Å². The smallest absolute Gasteiger partial charge is 0.279 e. The first-order chi connectivity index (χ1) is 13.6. The van der Waals surface area contributed by atoms with Crippen molar-refractivity contribution >= 4 is 23.3 Å². The molecule has 0 unspecified atom stereocenters. The van der Waals surface area contributed by atoms with Crippen LogP contribution in [0.5, 0.6) is 0 Å². The normalized spacial score (nSPS) is 10.8. The Kier molecular flexibility index (Phi) is 4.95. The van der Waals surface area contributed by atoms with E-state index in [0.29, 0.717) is 23.1 Å². The molecule has 0 saturated heterocycles. The fourth-order valence-electron chi connectivity index (χ4n) is 2.71. The zero-order valence-electron chi connectivity index (χ0n) is 15.1. The van der Waals surface area contributed by atoms with Gasteiger partial charge in [0.15, 0.2) is 17.3 Å².